The van der Waals surface area contributed by atoms with Crippen LogP contribution in [0.3, 0.4) is 0 Å². The SMILES string of the molecule is CN([Si](C)C)[Si](C)(C)c1cccc2ccccc12. The van der Waals surface area contributed by atoms with E-state index in [1.807, 2.05) is 0 Å². The third-order valence-corrected chi connectivity index (χ3v) is 11.7. The van der Waals surface area contributed by atoms with E-state index in [-0.39, 0.29) is 8.96 Å². The minimum Gasteiger partial charge on any atom is -0.346 e. The molecule has 0 bridgehead atoms. The van der Waals surface area contributed by atoms with Gasteiger partial charge in [0.25, 0.3) is 0 Å². The smallest absolute Gasteiger partial charge is 0.148 e. The number of nitrogens with zero attached hydrogens (tertiary/aromatic N) is 1. The van der Waals surface area contributed by atoms with Crippen LogP contribution >= 0.6 is 0 Å². The predicted octanol–water partition coefficient (Wildman–Crippen LogP) is 3.43. The minimum absolute atomic E-state index is 0.389. The van der Waals surface area contributed by atoms with Crippen molar-refractivity contribution in [1.82, 2.24) is 4.23 Å². The van der Waals surface area contributed by atoms with Crippen molar-refractivity contribution in [1.29, 1.82) is 0 Å². The Labute approximate surface area is 113 Å². The minimum atomic E-state index is -1.53. The molecular weight excluding hydrogens is 250 g/mol. The molecule has 0 atom stereocenters. The van der Waals surface area contributed by atoms with Crippen LogP contribution in [0.1, 0.15) is 0 Å². The second-order valence-electron chi connectivity index (χ2n) is 5.59. The second-order valence-corrected chi connectivity index (χ2v) is 12.9. The molecule has 0 saturated heterocycles. The van der Waals surface area contributed by atoms with Crippen LogP contribution in [0.2, 0.25) is 26.2 Å². The summed E-state index contributed by atoms with van der Waals surface area (Å²) in [5.74, 6) is 0. The Morgan fingerprint density at radius 2 is 1.56 bits per heavy atom. The van der Waals surface area contributed by atoms with Gasteiger partial charge in [-0.1, -0.05) is 68.7 Å². The molecule has 2 rings (SSSR count). The van der Waals surface area contributed by atoms with Crippen molar-refractivity contribution in [2.75, 3.05) is 7.05 Å². The fourth-order valence-corrected chi connectivity index (χ4v) is 9.08. The number of hydrogen-bond donors (Lipinski definition) is 0. The van der Waals surface area contributed by atoms with Crippen LogP contribution in [-0.2, 0) is 0 Å². The Hall–Kier alpha value is -0.906. The molecule has 0 N–H and O–H groups in total. The summed E-state index contributed by atoms with van der Waals surface area (Å²) in [4.78, 5) is 0. The van der Waals surface area contributed by atoms with Crippen molar-refractivity contribution >= 4 is 33.2 Å². The lowest BCUT2D eigenvalue weighted by Gasteiger charge is -2.37. The predicted molar refractivity (Wildman–Crippen MR) is 86.3 cm³/mol. The first kappa shape index (κ1) is 13.5. The molecule has 1 radical (unpaired) electrons. The molecule has 0 fully saturated rings. The van der Waals surface area contributed by atoms with Gasteiger partial charge in [0.2, 0.25) is 0 Å². The van der Waals surface area contributed by atoms with Crippen molar-refractivity contribution in [2.45, 2.75) is 26.2 Å². The van der Waals surface area contributed by atoms with Crippen LogP contribution in [0.25, 0.3) is 10.8 Å². The Morgan fingerprint density at radius 3 is 2.22 bits per heavy atom. The van der Waals surface area contributed by atoms with E-state index in [9.17, 15) is 0 Å². The van der Waals surface area contributed by atoms with E-state index < -0.39 is 8.24 Å². The van der Waals surface area contributed by atoms with Gasteiger partial charge in [-0.05, 0) is 23.0 Å². The maximum absolute atomic E-state index is 2.67. The second kappa shape index (κ2) is 4.99. The number of fused-ring (bicyclic) bond motifs is 1. The zero-order chi connectivity index (χ0) is 13.3. The van der Waals surface area contributed by atoms with Crippen molar-refractivity contribution < 1.29 is 0 Å². The lowest BCUT2D eigenvalue weighted by molar-refractivity contribution is 0.792. The van der Waals surface area contributed by atoms with Gasteiger partial charge in [0.15, 0.2) is 0 Å². The van der Waals surface area contributed by atoms with Gasteiger partial charge in [-0.15, -0.1) is 0 Å². The molecule has 3 heteroatoms. The Balaban J connectivity index is 2.60. The molecule has 1 nitrogen and oxygen atoms in total. The normalized spacial score (nSPS) is 12.6. The monoisotopic (exact) mass is 272 g/mol. The molecule has 0 heterocycles. The largest absolute Gasteiger partial charge is 0.346 e. The molecule has 2 aromatic carbocycles. The molecule has 0 spiro atoms. The van der Waals surface area contributed by atoms with E-state index in [4.69, 9.17) is 0 Å². The van der Waals surface area contributed by atoms with E-state index in [0.717, 1.165) is 0 Å². The van der Waals surface area contributed by atoms with Gasteiger partial charge in [0.05, 0.1) is 0 Å². The first-order valence-electron chi connectivity index (χ1n) is 6.47. The van der Waals surface area contributed by atoms with Crippen LogP contribution in [0.5, 0.6) is 0 Å². The average molecular weight is 273 g/mol. The molecule has 0 aliphatic carbocycles. The number of rotatable bonds is 3. The molecule has 0 amide bonds. The Morgan fingerprint density at radius 1 is 0.944 bits per heavy atom. The molecule has 95 valence electrons. The molecule has 0 saturated carbocycles. The zero-order valence-corrected chi connectivity index (χ0v) is 14.0. The summed E-state index contributed by atoms with van der Waals surface area (Å²) in [5.41, 5.74) is 0. The highest BCUT2D eigenvalue weighted by Gasteiger charge is 2.32. The van der Waals surface area contributed by atoms with Gasteiger partial charge in [-0.3, -0.25) is 0 Å². The van der Waals surface area contributed by atoms with Gasteiger partial charge >= 0.3 is 0 Å². The standard InChI is InChI=1S/C15H22NSi2/c1-16(17(2)3)18(4,5)15-12-8-10-13-9-6-7-11-14(13)15/h6-12H,1-5H3. The fourth-order valence-electron chi connectivity index (χ4n) is 2.50. The molecule has 0 aromatic heterocycles. The first-order chi connectivity index (χ1) is 8.44. The van der Waals surface area contributed by atoms with Gasteiger partial charge in [-0.25, -0.2) is 0 Å². The number of hydrogen-bond acceptors (Lipinski definition) is 1. The van der Waals surface area contributed by atoms with Crippen molar-refractivity contribution in [2.24, 2.45) is 0 Å². The maximum atomic E-state index is 2.67. The molecular formula is C15H22NSi2. The fraction of sp³-hybridized carbons (Fsp3) is 0.333. The summed E-state index contributed by atoms with van der Waals surface area (Å²) in [5, 5.41) is 4.37. The van der Waals surface area contributed by atoms with E-state index in [0.29, 0.717) is 0 Å². The zero-order valence-electron chi connectivity index (χ0n) is 12.0. The lowest BCUT2D eigenvalue weighted by atomic mass is 10.1. The highest BCUT2D eigenvalue weighted by molar-refractivity contribution is 6.94. The summed E-state index contributed by atoms with van der Waals surface area (Å²) >= 11 is 0. The van der Waals surface area contributed by atoms with Crippen molar-refractivity contribution in [3.63, 3.8) is 0 Å². The molecule has 0 aliphatic heterocycles. The van der Waals surface area contributed by atoms with Gasteiger partial charge in [-0.2, -0.15) is 0 Å². The van der Waals surface area contributed by atoms with E-state index in [2.05, 4.69) is 79.9 Å². The molecule has 18 heavy (non-hydrogen) atoms. The molecule has 0 aliphatic rings. The topological polar surface area (TPSA) is 3.24 Å². The van der Waals surface area contributed by atoms with Crippen LogP contribution < -0.4 is 5.19 Å². The summed E-state index contributed by atoms with van der Waals surface area (Å²) in [6, 6.07) is 15.5. The Kier molecular flexibility index (Phi) is 3.75. The summed E-state index contributed by atoms with van der Waals surface area (Å²) < 4.78 is 2.67. The Bertz CT molecular complexity index is 544. The third kappa shape index (κ3) is 2.30. The quantitative estimate of drug-likeness (QED) is 0.774. The van der Waals surface area contributed by atoms with Crippen LogP contribution in [0.15, 0.2) is 42.5 Å². The summed E-state index contributed by atoms with van der Waals surface area (Å²) in [7, 11) is 0.387. The number of benzene rings is 2. The van der Waals surface area contributed by atoms with Crippen molar-refractivity contribution in [3.05, 3.63) is 42.5 Å². The van der Waals surface area contributed by atoms with Crippen LogP contribution in [-0.4, -0.2) is 28.5 Å². The highest BCUT2D eigenvalue weighted by atomic mass is 28.4. The van der Waals surface area contributed by atoms with Gasteiger partial charge in [0, 0.05) is 0 Å². The molecule has 0 unspecified atom stereocenters. The maximum Gasteiger partial charge on any atom is 0.148 e. The van der Waals surface area contributed by atoms with Crippen LogP contribution in [0.4, 0.5) is 0 Å². The van der Waals surface area contributed by atoms with Crippen LogP contribution in [0, 0.1) is 0 Å². The van der Waals surface area contributed by atoms with Gasteiger partial charge < -0.3 is 4.23 Å². The van der Waals surface area contributed by atoms with Gasteiger partial charge in [0.1, 0.15) is 17.2 Å². The van der Waals surface area contributed by atoms with E-state index in [1.54, 1.807) is 5.19 Å². The first-order valence-corrected chi connectivity index (χ1v) is 11.9. The average Bonchev–Trinajstić information content (AvgIpc) is 2.36. The summed E-state index contributed by atoms with van der Waals surface area (Å²) in [6.07, 6.45) is 0. The third-order valence-electron chi connectivity index (χ3n) is 3.96. The summed E-state index contributed by atoms with van der Waals surface area (Å²) in [6.45, 7) is 9.69. The van der Waals surface area contributed by atoms with E-state index in [1.165, 1.54) is 10.8 Å². The van der Waals surface area contributed by atoms with Crippen molar-refractivity contribution in [3.8, 4) is 0 Å². The molecule has 2 aromatic rings. The lowest BCUT2D eigenvalue weighted by Crippen LogP contribution is -2.60. The van der Waals surface area contributed by atoms with E-state index >= 15 is 0 Å². The highest BCUT2D eigenvalue weighted by Crippen LogP contribution is 2.18.